The summed E-state index contributed by atoms with van der Waals surface area (Å²) in [7, 11) is -3.29. The van der Waals surface area contributed by atoms with E-state index in [1.807, 2.05) is 0 Å². The molecule has 1 aromatic heterocycles. The van der Waals surface area contributed by atoms with E-state index in [1.54, 1.807) is 59.3 Å². The Balaban J connectivity index is 1.26. The number of hydrogen-bond acceptors (Lipinski definition) is 5. The van der Waals surface area contributed by atoms with Crippen LogP contribution in [0.2, 0.25) is 0 Å². The molecule has 1 amide bonds. The van der Waals surface area contributed by atoms with Crippen LogP contribution in [0.3, 0.4) is 0 Å². The molecule has 0 spiro atoms. The minimum atomic E-state index is -4.55. The molecule has 2 saturated heterocycles. The predicted octanol–water partition coefficient (Wildman–Crippen LogP) is 6.14. The van der Waals surface area contributed by atoms with Gasteiger partial charge in [-0.1, -0.05) is 42.5 Å². The topological polar surface area (TPSA) is 75.5 Å². The molecule has 1 atom stereocenters. The first-order chi connectivity index (χ1) is 21.9. The van der Waals surface area contributed by atoms with Crippen molar-refractivity contribution in [1.82, 2.24) is 19.6 Å². The van der Waals surface area contributed by atoms with Crippen LogP contribution in [0.1, 0.15) is 52.4 Å². The van der Waals surface area contributed by atoms with Gasteiger partial charge in [-0.2, -0.15) is 18.3 Å². The molecule has 6 rings (SSSR count). The summed E-state index contributed by atoms with van der Waals surface area (Å²) in [6, 6.07) is 20.3. The maximum atomic E-state index is 14.6. The molecule has 0 bridgehead atoms. The van der Waals surface area contributed by atoms with Crippen molar-refractivity contribution in [3.8, 4) is 5.69 Å². The minimum Gasteiger partial charge on any atom is -0.337 e. The predicted molar refractivity (Wildman–Crippen MR) is 165 cm³/mol. The largest absolute Gasteiger partial charge is 0.400 e. The fourth-order valence-electron chi connectivity index (χ4n) is 6.71. The Bertz CT molecular complexity index is 1800. The summed E-state index contributed by atoms with van der Waals surface area (Å²) < 4.78 is 82.9. The van der Waals surface area contributed by atoms with Crippen LogP contribution in [0.5, 0.6) is 0 Å². The SMILES string of the molecule is CS(=O)(=O)c1ccc(CN2CCC(c3c(C(=O)N4CC[C@@](c5ccccc5)(C(F)(F)F)C4)cnn3-c3ccc(F)cc3)CC2)cc1. The minimum absolute atomic E-state index is 0.0506. The van der Waals surface area contributed by atoms with Crippen LogP contribution >= 0.6 is 0 Å². The lowest BCUT2D eigenvalue weighted by atomic mass is 9.79. The Morgan fingerprint density at radius 2 is 1.59 bits per heavy atom. The van der Waals surface area contributed by atoms with Crippen molar-refractivity contribution < 1.29 is 30.8 Å². The molecule has 0 radical (unpaired) electrons. The molecule has 0 unspecified atom stereocenters. The lowest BCUT2D eigenvalue weighted by Crippen LogP contribution is -2.45. The number of sulfone groups is 1. The molecular weight excluding hydrogens is 620 g/mol. The van der Waals surface area contributed by atoms with Crippen molar-refractivity contribution in [1.29, 1.82) is 0 Å². The van der Waals surface area contributed by atoms with E-state index in [2.05, 4.69) is 10.00 Å². The number of alkyl halides is 3. The second-order valence-electron chi connectivity index (χ2n) is 12.2. The van der Waals surface area contributed by atoms with Gasteiger partial charge in [-0.05, 0) is 79.9 Å². The second-order valence-corrected chi connectivity index (χ2v) is 14.2. The van der Waals surface area contributed by atoms with Crippen molar-refractivity contribution in [3.05, 3.63) is 113 Å². The number of piperidine rings is 1. The molecule has 0 N–H and O–H groups in total. The maximum absolute atomic E-state index is 14.6. The summed E-state index contributed by atoms with van der Waals surface area (Å²) in [4.78, 5) is 17.8. The first-order valence-corrected chi connectivity index (χ1v) is 17.0. The van der Waals surface area contributed by atoms with Crippen LogP contribution in [-0.4, -0.2) is 72.5 Å². The van der Waals surface area contributed by atoms with Gasteiger partial charge in [-0.15, -0.1) is 0 Å². The monoisotopic (exact) mass is 654 g/mol. The number of hydrogen-bond donors (Lipinski definition) is 0. The van der Waals surface area contributed by atoms with Gasteiger partial charge in [0.15, 0.2) is 9.84 Å². The van der Waals surface area contributed by atoms with E-state index in [4.69, 9.17) is 0 Å². The highest BCUT2D eigenvalue weighted by atomic mass is 32.2. The highest BCUT2D eigenvalue weighted by Gasteiger charge is 2.59. The zero-order valence-electron chi connectivity index (χ0n) is 25.3. The fourth-order valence-corrected chi connectivity index (χ4v) is 7.34. The molecule has 2 aliphatic rings. The quantitative estimate of drug-likeness (QED) is 0.224. The Morgan fingerprint density at radius 3 is 2.20 bits per heavy atom. The van der Waals surface area contributed by atoms with Crippen LogP contribution < -0.4 is 0 Å². The first kappa shape index (κ1) is 31.9. The third-order valence-corrected chi connectivity index (χ3v) is 10.4. The van der Waals surface area contributed by atoms with Crippen LogP contribution in [0.4, 0.5) is 17.6 Å². The van der Waals surface area contributed by atoms with Crippen molar-refractivity contribution in [2.24, 2.45) is 0 Å². The Morgan fingerprint density at radius 1 is 0.935 bits per heavy atom. The number of nitrogens with zero attached hydrogens (tertiary/aromatic N) is 4. The smallest absolute Gasteiger partial charge is 0.337 e. The summed E-state index contributed by atoms with van der Waals surface area (Å²) in [5, 5.41) is 4.50. The zero-order valence-corrected chi connectivity index (χ0v) is 26.1. The summed E-state index contributed by atoms with van der Waals surface area (Å²) in [6.07, 6.45) is -0.884. The van der Waals surface area contributed by atoms with E-state index in [1.165, 1.54) is 41.6 Å². The Labute approximate surface area is 265 Å². The van der Waals surface area contributed by atoms with Crippen molar-refractivity contribution in [2.45, 2.75) is 48.2 Å². The van der Waals surface area contributed by atoms with Crippen LogP contribution in [0.15, 0.2) is 90.0 Å². The van der Waals surface area contributed by atoms with Crippen LogP contribution in [-0.2, 0) is 21.8 Å². The lowest BCUT2D eigenvalue weighted by molar-refractivity contribution is -0.186. The van der Waals surface area contributed by atoms with E-state index in [-0.39, 0.29) is 34.9 Å². The van der Waals surface area contributed by atoms with Gasteiger partial charge in [0, 0.05) is 31.8 Å². The molecule has 4 aromatic rings. The van der Waals surface area contributed by atoms with Gasteiger partial charge in [-0.3, -0.25) is 9.69 Å². The molecule has 3 heterocycles. The van der Waals surface area contributed by atoms with Crippen molar-refractivity contribution in [2.75, 3.05) is 32.4 Å². The van der Waals surface area contributed by atoms with Gasteiger partial charge in [0.1, 0.15) is 11.2 Å². The molecule has 242 valence electrons. The molecule has 0 aliphatic carbocycles. The first-order valence-electron chi connectivity index (χ1n) is 15.1. The Hall–Kier alpha value is -4.03. The number of halogens is 4. The number of carbonyl (C=O) groups is 1. The number of likely N-dealkylation sites (tertiary alicyclic amines) is 2. The van der Waals surface area contributed by atoms with Gasteiger partial charge in [-0.25, -0.2) is 17.5 Å². The second kappa shape index (κ2) is 12.3. The molecule has 3 aromatic carbocycles. The molecule has 12 heteroatoms. The maximum Gasteiger partial charge on any atom is 0.400 e. The average molecular weight is 655 g/mol. The summed E-state index contributed by atoms with van der Waals surface area (Å²) in [6.45, 7) is 1.43. The van der Waals surface area contributed by atoms with Crippen LogP contribution in [0, 0.1) is 5.82 Å². The summed E-state index contributed by atoms with van der Waals surface area (Å²) in [5.74, 6) is -1.05. The number of carbonyl (C=O) groups excluding carboxylic acids is 1. The third-order valence-electron chi connectivity index (χ3n) is 9.27. The fraction of sp³-hybridized carbons (Fsp3) is 0.353. The lowest BCUT2D eigenvalue weighted by Gasteiger charge is -2.33. The molecule has 2 fully saturated rings. The molecular formula is C34H34F4N4O3S. The van der Waals surface area contributed by atoms with Crippen LogP contribution in [0.25, 0.3) is 5.69 Å². The van der Waals surface area contributed by atoms with Gasteiger partial charge in [0.2, 0.25) is 0 Å². The van der Waals surface area contributed by atoms with Gasteiger partial charge in [0.25, 0.3) is 5.91 Å². The Kier molecular flexibility index (Phi) is 8.53. The van der Waals surface area contributed by atoms with E-state index in [0.717, 1.165) is 5.56 Å². The van der Waals surface area contributed by atoms with E-state index in [0.29, 0.717) is 43.9 Å². The number of aromatic nitrogens is 2. The normalized spacial score (nSPS) is 19.9. The average Bonchev–Trinajstić information content (AvgIpc) is 3.69. The number of benzene rings is 3. The van der Waals surface area contributed by atoms with Crippen molar-refractivity contribution in [3.63, 3.8) is 0 Å². The third kappa shape index (κ3) is 6.20. The van der Waals surface area contributed by atoms with E-state index >= 15 is 0 Å². The number of amides is 1. The highest BCUT2D eigenvalue weighted by Crippen LogP contribution is 2.48. The van der Waals surface area contributed by atoms with E-state index < -0.39 is 39.7 Å². The standard InChI is InChI=1S/C34H34F4N4O3S/c1-46(44,45)29-13-7-24(8-14-29)22-40-18-15-25(16-19-40)31-30(21-39-42(31)28-11-9-27(35)10-12-28)32(43)41-20-17-33(23-41,34(36,37)38)26-5-3-2-4-6-26/h2-14,21,25H,15-20,22-23H2,1H3/t33-/m1/s1. The van der Waals surface area contributed by atoms with E-state index in [9.17, 15) is 30.8 Å². The van der Waals surface area contributed by atoms with Gasteiger partial charge >= 0.3 is 6.18 Å². The zero-order chi connectivity index (χ0) is 32.7. The summed E-state index contributed by atoms with van der Waals surface area (Å²) >= 11 is 0. The molecule has 7 nitrogen and oxygen atoms in total. The molecule has 0 saturated carbocycles. The van der Waals surface area contributed by atoms with Crippen molar-refractivity contribution >= 4 is 15.7 Å². The van der Waals surface area contributed by atoms with Gasteiger partial charge in [0.05, 0.1) is 28.0 Å². The van der Waals surface area contributed by atoms with Gasteiger partial charge < -0.3 is 4.90 Å². The highest BCUT2D eigenvalue weighted by molar-refractivity contribution is 7.90. The molecule has 2 aliphatic heterocycles. The molecule has 46 heavy (non-hydrogen) atoms. The number of rotatable bonds is 7. The summed E-state index contributed by atoms with van der Waals surface area (Å²) in [5.41, 5.74) is 0.362.